The predicted molar refractivity (Wildman–Crippen MR) is 61.2 cm³/mol. The normalized spacial score (nSPS) is 20.6. The average Bonchev–Trinajstić information content (AvgIpc) is 2.65. The summed E-state index contributed by atoms with van der Waals surface area (Å²) < 4.78 is 0. The highest BCUT2D eigenvalue weighted by molar-refractivity contribution is 5.93. The van der Waals surface area contributed by atoms with Crippen molar-refractivity contribution in [3.8, 4) is 0 Å². The van der Waals surface area contributed by atoms with Gasteiger partial charge in [0.25, 0.3) is 0 Å². The van der Waals surface area contributed by atoms with Gasteiger partial charge < -0.3 is 10.6 Å². The first kappa shape index (κ1) is 9.96. The molecule has 2 rings (SSSR count). The highest BCUT2D eigenvalue weighted by atomic mass is 15.2. The number of nitrogen functional groups attached to an aromatic ring is 1. The van der Waals surface area contributed by atoms with E-state index in [9.17, 15) is 0 Å². The van der Waals surface area contributed by atoms with E-state index in [0.29, 0.717) is 5.69 Å². The molecule has 0 saturated carbocycles. The van der Waals surface area contributed by atoms with E-state index in [1.54, 1.807) is 12.3 Å². The highest BCUT2D eigenvalue weighted by Crippen LogP contribution is 2.22. The number of nitrogens with zero attached hydrogens (tertiary/aromatic N) is 2. The van der Waals surface area contributed by atoms with Gasteiger partial charge in [0.05, 0.1) is 11.9 Å². The largest absolute Gasteiger partial charge is 0.382 e. The van der Waals surface area contributed by atoms with Gasteiger partial charge in [0.2, 0.25) is 0 Å². The van der Waals surface area contributed by atoms with Gasteiger partial charge in [-0.25, -0.2) is 0 Å². The van der Waals surface area contributed by atoms with Gasteiger partial charge in [-0.05, 0) is 24.5 Å². The van der Waals surface area contributed by atoms with Crippen molar-refractivity contribution in [2.24, 2.45) is 11.7 Å². The number of pyridine rings is 1. The van der Waals surface area contributed by atoms with E-state index >= 15 is 0 Å². The molecule has 2 heterocycles. The smallest absolute Gasteiger partial charge is 0.141 e. The van der Waals surface area contributed by atoms with Crippen LogP contribution in [0.3, 0.4) is 0 Å². The van der Waals surface area contributed by atoms with Crippen molar-refractivity contribution in [2.45, 2.75) is 13.3 Å². The molecule has 1 aromatic heterocycles. The fourth-order valence-corrected chi connectivity index (χ4v) is 1.90. The third kappa shape index (κ3) is 2.09. The van der Waals surface area contributed by atoms with E-state index in [4.69, 9.17) is 11.1 Å². The van der Waals surface area contributed by atoms with E-state index in [1.807, 2.05) is 6.07 Å². The fourth-order valence-electron chi connectivity index (χ4n) is 1.90. The molecule has 1 aromatic rings. The summed E-state index contributed by atoms with van der Waals surface area (Å²) >= 11 is 0. The minimum Gasteiger partial charge on any atom is -0.382 e. The zero-order valence-corrected chi connectivity index (χ0v) is 8.90. The Balaban J connectivity index is 2.13. The standard InChI is InChI=1S/C11H16N4/c1-8-4-5-15(7-8)9-2-3-10(11(12)13)14-6-9/h2-3,6,8H,4-5,7H2,1H3,(H3,12,13). The van der Waals surface area contributed by atoms with Crippen LogP contribution in [-0.4, -0.2) is 23.9 Å². The monoisotopic (exact) mass is 204 g/mol. The number of nitrogens with one attached hydrogen (secondary N) is 1. The van der Waals surface area contributed by atoms with E-state index in [1.165, 1.54) is 6.42 Å². The second-order valence-corrected chi connectivity index (χ2v) is 4.16. The van der Waals surface area contributed by atoms with Gasteiger partial charge in [0, 0.05) is 13.1 Å². The zero-order valence-electron chi connectivity index (χ0n) is 8.90. The molecule has 1 aliphatic heterocycles. The van der Waals surface area contributed by atoms with Gasteiger partial charge in [0.15, 0.2) is 0 Å². The number of aromatic nitrogens is 1. The van der Waals surface area contributed by atoms with Crippen molar-refractivity contribution in [2.75, 3.05) is 18.0 Å². The lowest BCUT2D eigenvalue weighted by Gasteiger charge is -2.17. The summed E-state index contributed by atoms with van der Waals surface area (Å²) in [6.45, 7) is 4.46. The number of hydrogen-bond donors (Lipinski definition) is 2. The summed E-state index contributed by atoms with van der Waals surface area (Å²) in [5, 5.41) is 7.25. The van der Waals surface area contributed by atoms with Gasteiger partial charge in [-0.2, -0.15) is 0 Å². The van der Waals surface area contributed by atoms with E-state index in [-0.39, 0.29) is 5.84 Å². The molecule has 4 heteroatoms. The minimum atomic E-state index is 0.0244. The van der Waals surface area contributed by atoms with Crippen LogP contribution in [-0.2, 0) is 0 Å². The molecule has 4 nitrogen and oxygen atoms in total. The number of rotatable bonds is 2. The molecule has 0 aliphatic carbocycles. The molecule has 0 bridgehead atoms. The summed E-state index contributed by atoms with van der Waals surface area (Å²) in [7, 11) is 0. The topological polar surface area (TPSA) is 66.0 Å². The summed E-state index contributed by atoms with van der Waals surface area (Å²) in [6.07, 6.45) is 3.04. The Kier molecular flexibility index (Phi) is 2.58. The summed E-state index contributed by atoms with van der Waals surface area (Å²) in [5.41, 5.74) is 7.02. The Bertz CT molecular complexity index is 357. The van der Waals surface area contributed by atoms with Gasteiger partial charge in [0.1, 0.15) is 11.5 Å². The maximum absolute atomic E-state index is 7.25. The van der Waals surface area contributed by atoms with Crippen molar-refractivity contribution >= 4 is 11.5 Å². The van der Waals surface area contributed by atoms with Gasteiger partial charge in [-0.1, -0.05) is 6.92 Å². The van der Waals surface area contributed by atoms with Crippen molar-refractivity contribution in [1.29, 1.82) is 5.41 Å². The molecule has 0 amide bonds. The lowest BCUT2D eigenvalue weighted by atomic mass is 10.2. The minimum absolute atomic E-state index is 0.0244. The molecule has 1 saturated heterocycles. The van der Waals surface area contributed by atoms with E-state index in [2.05, 4.69) is 16.8 Å². The van der Waals surface area contributed by atoms with Crippen molar-refractivity contribution in [1.82, 2.24) is 4.98 Å². The molecule has 1 aliphatic rings. The van der Waals surface area contributed by atoms with E-state index < -0.39 is 0 Å². The first-order valence-corrected chi connectivity index (χ1v) is 5.22. The summed E-state index contributed by atoms with van der Waals surface area (Å²) in [5.74, 6) is 0.786. The molecule has 1 atom stereocenters. The molecule has 80 valence electrons. The first-order chi connectivity index (χ1) is 7.16. The van der Waals surface area contributed by atoms with Crippen LogP contribution in [0.15, 0.2) is 18.3 Å². The van der Waals surface area contributed by atoms with Crippen molar-refractivity contribution < 1.29 is 0 Å². The van der Waals surface area contributed by atoms with Gasteiger partial charge >= 0.3 is 0 Å². The number of amidine groups is 1. The second kappa shape index (κ2) is 3.88. The van der Waals surface area contributed by atoms with Crippen LogP contribution in [0.4, 0.5) is 5.69 Å². The lowest BCUT2D eigenvalue weighted by Crippen LogP contribution is -2.20. The summed E-state index contributed by atoms with van der Waals surface area (Å²) in [4.78, 5) is 6.48. The third-order valence-corrected chi connectivity index (χ3v) is 2.81. The Morgan fingerprint density at radius 1 is 1.60 bits per heavy atom. The average molecular weight is 204 g/mol. The quantitative estimate of drug-likeness (QED) is 0.562. The number of anilines is 1. The van der Waals surface area contributed by atoms with Crippen LogP contribution in [0.1, 0.15) is 19.0 Å². The molecule has 0 radical (unpaired) electrons. The van der Waals surface area contributed by atoms with Crippen molar-refractivity contribution in [3.05, 3.63) is 24.0 Å². The SMILES string of the molecule is CC1CCN(c2ccc(C(=N)N)nc2)C1. The van der Waals surface area contributed by atoms with Crippen LogP contribution in [0.5, 0.6) is 0 Å². The molecular weight excluding hydrogens is 188 g/mol. The van der Waals surface area contributed by atoms with Gasteiger partial charge in [-0.15, -0.1) is 0 Å². The van der Waals surface area contributed by atoms with E-state index in [0.717, 1.165) is 24.7 Å². The fraction of sp³-hybridized carbons (Fsp3) is 0.455. The predicted octanol–water partition coefficient (Wildman–Crippen LogP) is 1.21. The Morgan fingerprint density at radius 2 is 2.40 bits per heavy atom. The van der Waals surface area contributed by atoms with Crippen LogP contribution in [0, 0.1) is 11.3 Å². The zero-order chi connectivity index (χ0) is 10.8. The van der Waals surface area contributed by atoms with Crippen LogP contribution >= 0.6 is 0 Å². The lowest BCUT2D eigenvalue weighted by molar-refractivity contribution is 0.659. The maximum atomic E-state index is 7.25. The number of hydrogen-bond acceptors (Lipinski definition) is 3. The molecule has 3 N–H and O–H groups in total. The highest BCUT2D eigenvalue weighted by Gasteiger charge is 2.18. The molecule has 0 aromatic carbocycles. The molecular formula is C11H16N4. The molecule has 0 spiro atoms. The number of nitrogens with two attached hydrogens (primary N) is 1. The van der Waals surface area contributed by atoms with Gasteiger partial charge in [-0.3, -0.25) is 10.4 Å². The van der Waals surface area contributed by atoms with Crippen LogP contribution in [0.25, 0.3) is 0 Å². The molecule has 15 heavy (non-hydrogen) atoms. The maximum Gasteiger partial charge on any atom is 0.141 e. The second-order valence-electron chi connectivity index (χ2n) is 4.16. The Morgan fingerprint density at radius 3 is 2.87 bits per heavy atom. The van der Waals surface area contributed by atoms with Crippen molar-refractivity contribution in [3.63, 3.8) is 0 Å². The Hall–Kier alpha value is -1.58. The van der Waals surface area contributed by atoms with Crippen LogP contribution < -0.4 is 10.6 Å². The molecule has 1 fully saturated rings. The molecule has 1 unspecified atom stereocenters. The summed E-state index contributed by atoms with van der Waals surface area (Å²) in [6, 6.07) is 3.79. The first-order valence-electron chi connectivity index (χ1n) is 5.22. The third-order valence-electron chi connectivity index (χ3n) is 2.81. The Labute approximate surface area is 89.6 Å². The van der Waals surface area contributed by atoms with Crippen LogP contribution in [0.2, 0.25) is 0 Å².